The van der Waals surface area contributed by atoms with Gasteiger partial charge in [0.25, 0.3) is 5.69 Å². The second-order valence-electron chi connectivity index (χ2n) is 2.45. The Morgan fingerprint density at radius 1 is 1.57 bits per heavy atom. The summed E-state index contributed by atoms with van der Waals surface area (Å²) in [5, 5.41) is 19.1. The van der Waals surface area contributed by atoms with E-state index in [4.69, 9.17) is 5.11 Å². The molecule has 1 rings (SSSR count). The zero-order chi connectivity index (χ0) is 10.7. The van der Waals surface area contributed by atoms with Crippen molar-refractivity contribution in [1.29, 1.82) is 0 Å². The summed E-state index contributed by atoms with van der Waals surface area (Å²) in [6.45, 7) is 0. The van der Waals surface area contributed by atoms with Gasteiger partial charge in [-0.25, -0.2) is 4.79 Å². The van der Waals surface area contributed by atoms with Gasteiger partial charge in [0.15, 0.2) is 0 Å². The molecule has 1 aromatic carbocycles. The van der Waals surface area contributed by atoms with Crippen LogP contribution in [0, 0.1) is 10.1 Å². The predicted molar refractivity (Wildman–Crippen MR) is 51.8 cm³/mol. The van der Waals surface area contributed by atoms with E-state index in [0.717, 1.165) is 6.07 Å². The summed E-state index contributed by atoms with van der Waals surface area (Å²) in [4.78, 5) is 21.0. The number of aromatic carboxylic acids is 1. The molecule has 0 bridgehead atoms. The molecule has 1 aromatic rings. The largest absolute Gasteiger partial charge is 0.478 e. The highest BCUT2D eigenvalue weighted by molar-refractivity contribution is 7.98. The van der Waals surface area contributed by atoms with Crippen molar-refractivity contribution in [2.75, 3.05) is 6.26 Å². The van der Waals surface area contributed by atoms with Crippen molar-refractivity contribution >= 4 is 23.4 Å². The maximum Gasteiger partial charge on any atom is 0.337 e. The number of thioether (sulfide) groups is 1. The van der Waals surface area contributed by atoms with Crippen molar-refractivity contribution in [3.05, 3.63) is 33.9 Å². The average Bonchev–Trinajstić information content (AvgIpc) is 2.16. The lowest BCUT2D eigenvalue weighted by atomic mass is 10.2. The van der Waals surface area contributed by atoms with Crippen molar-refractivity contribution in [2.24, 2.45) is 0 Å². The molecular formula is C8H7NO4S. The zero-order valence-electron chi connectivity index (χ0n) is 7.26. The number of nitro groups is 1. The molecule has 0 aromatic heterocycles. The number of rotatable bonds is 3. The fourth-order valence-electron chi connectivity index (χ4n) is 0.977. The van der Waals surface area contributed by atoms with Crippen LogP contribution in [0.2, 0.25) is 0 Å². The summed E-state index contributed by atoms with van der Waals surface area (Å²) in [5.74, 6) is -1.15. The van der Waals surface area contributed by atoms with Gasteiger partial charge in [-0.15, -0.1) is 11.8 Å². The monoisotopic (exact) mass is 213 g/mol. The number of hydrogen-bond acceptors (Lipinski definition) is 4. The lowest BCUT2D eigenvalue weighted by molar-refractivity contribution is -0.384. The minimum atomic E-state index is -1.15. The minimum Gasteiger partial charge on any atom is -0.478 e. The molecule has 0 aliphatic rings. The van der Waals surface area contributed by atoms with Gasteiger partial charge in [0.05, 0.1) is 10.5 Å². The predicted octanol–water partition coefficient (Wildman–Crippen LogP) is 2.01. The maximum absolute atomic E-state index is 10.7. The third-order valence-electron chi connectivity index (χ3n) is 1.62. The summed E-state index contributed by atoms with van der Waals surface area (Å²) >= 11 is 1.24. The number of non-ortho nitro benzene ring substituents is 1. The Balaban J connectivity index is 3.27. The SMILES string of the molecule is CSc1ccc([N+](=O)[O-])cc1C(=O)O. The second-order valence-corrected chi connectivity index (χ2v) is 3.29. The Bertz CT molecular complexity index is 391. The molecule has 6 heteroatoms. The van der Waals surface area contributed by atoms with E-state index in [0.29, 0.717) is 4.90 Å². The van der Waals surface area contributed by atoms with E-state index in [1.807, 2.05) is 0 Å². The Morgan fingerprint density at radius 3 is 2.64 bits per heavy atom. The maximum atomic E-state index is 10.7. The van der Waals surface area contributed by atoms with Crippen LogP contribution in [0.5, 0.6) is 0 Å². The number of benzene rings is 1. The van der Waals surface area contributed by atoms with Gasteiger partial charge in [-0.05, 0) is 12.3 Å². The Labute approximate surface area is 83.9 Å². The topological polar surface area (TPSA) is 80.4 Å². The zero-order valence-corrected chi connectivity index (χ0v) is 8.08. The number of carboxylic acid groups (broad SMARTS) is 1. The van der Waals surface area contributed by atoms with Crippen LogP contribution >= 0.6 is 11.8 Å². The second kappa shape index (κ2) is 4.10. The fraction of sp³-hybridized carbons (Fsp3) is 0.125. The van der Waals surface area contributed by atoms with Crippen LogP contribution in [0.25, 0.3) is 0 Å². The molecule has 5 nitrogen and oxygen atoms in total. The van der Waals surface area contributed by atoms with Crippen molar-refractivity contribution in [3.63, 3.8) is 0 Å². The first-order valence-corrected chi connectivity index (χ1v) is 4.84. The molecule has 0 heterocycles. The summed E-state index contributed by atoms with van der Waals surface area (Å²) in [5.41, 5.74) is -0.244. The number of carboxylic acids is 1. The van der Waals surface area contributed by atoms with E-state index in [1.54, 1.807) is 6.26 Å². The first-order chi connectivity index (χ1) is 6.56. The lowest BCUT2D eigenvalue weighted by Crippen LogP contribution is -2.00. The van der Waals surface area contributed by atoms with Crippen LogP contribution in [0.1, 0.15) is 10.4 Å². The van der Waals surface area contributed by atoms with E-state index in [9.17, 15) is 14.9 Å². The normalized spacial score (nSPS) is 9.79. The molecule has 0 aliphatic heterocycles. The molecule has 0 saturated carbocycles. The molecule has 74 valence electrons. The van der Waals surface area contributed by atoms with Gasteiger partial charge in [-0.1, -0.05) is 0 Å². The molecule has 0 spiro atoms. The average molecular weight is 213 g/mol. The van der Waals surface area contributed by atoms with Crippen LogP contribution in [0.15, 0.2) is 23.1 Å². The third kappa shape index (κ3) is 2.02. The van der Waals surface area contributed by atoms with E-state index in [2.05, 4.69) is 0 Å². The first-order valence-electron chi connectivity index (χ1n) is 3.62. The van der Waals surface area contributed by atoms with E-state index < -0.39 is 10.9 Å². The van der Waals surface area contributed by atoms with E-state index in [-0.39, 0.29) is 11.3 Å². The standard InChI is InChI=1S/C8H7NO4S/c1-14-7-3-2-5(9(12)13)4-6(7)8(10)11/h2-4H,1H3,(H,10,11). The van der Waals surface area contributed by atoms with E-state index >= 15 is 0 Å². The molecule has 14 heavy (non-hydrogen) atoms. The summed E-state index contributed by atoms with van der Waals surface area (Å²) in [7, 11) is 0. The highest BCUT2D eigenvalue weighted by Gasteiger charge is 2.14. The molecule has 0 unspecified atom stereocenters. The molecule has 0 radical (unpaired) electrons. The molecule has 0 atom stereocenters. The summed E-state index contributed by atoms with van der Waals surface area (Å²) in [6, 6.07) is 3.79. The molecule has 0 aliphatic carbocycles. The van der Waals surface area contributed by atoms with E-state index in [1.165, 1.54) is 23.9 Å². The Morgan fingerprint density at radius 2 is 2.21 bits per heavy atom. The van der Waals surface area contributed by atoms with Crippen molar-refractivity contribution < 1.29 is 14.8 Å². The van der Waals surface area contributed by atoms with Gasteiger partial charge >= 0.3 is 5.97 Å². The van der Waals surface area contributed by atoms with Gasteiger partial charge in [0.2, 0.25) is 0 Å². The van der Waals surface area contributed by atoms with Crippen LogP contribution in [-0.2, 0) is 0 Å². The van der Waals surface area contributed by atoms with Crippen molar-refractivity contribution in [2.45, 2.75) is 4.90 Å². The summed E-state index contributed by atoms with van der Waals surface area (Å²) < 4.78 is 0. The summed E-state index contributed by atoms with van der Waals surface area (Å²) in [6.07, 6.45) is 1.72. The van der Waals surface area contributed by atoms with Crippen LogP contribution in [0.3, 0.4) is 0 Å². The van der Waals surface area contributed by atoms with Gasteiger partial charge < -0.3 is 5.11 Å². The quantitative estimate of drug-likeness (QED) is 0.472. The van der Waals surface area contributed by atoms with Gasteiger partial charge in [-0.2, -0.15) is 0 Å². The molecule has 0 fully saturated rings. The van der Waals surface area contributed by atoms with Crippen LogP contribution in [-0.4, -0.2) is 22.3 Å². The number of nitrogens with zero attached hydrogens (tertiary/aromatic N) is 1. The minimum absolute atomic E-state index is 0.0355. The van der Waals surface area contributed by atoms with Crippen LogP contribution < -0.4 is 0 Å². The van der Waals surface area contributed by atoms with Gasteiger partial charge in [-0.3, -0.25) is 10.1 Å². The molecule has 0 saturated heterocycles. The lowest BCUT2D eigenvalue weighted by Gasteiger charge is -2.01. The van der Waals surface area contributed by atoms with Crippen molar-refractivity contribution in [3.8, 4) is 0 Å². The highest BCUT2D eigenvalue weighted by atomic mass is 32.2. The van der Waals surface area contributed by atoms with Gasteiger partial charge in [0.1, 0.15) is 0 Å². The Hall–Kier alpha value is -1.56. The molecular weight excluding hydrogens is 206 g/mol. The smallest absolute Gasteiger partial charge is 0.337 e. The Kier molecular flexibility index (Phi) is 3.08. The number of carbonyl (C=O) groups is 1. The first kappa shape index (κ1) is 10.5. The number of nitro benzene ring substituents is 1. The highest BCUT2D eigenvalue weighted by Crippen LogP contribution is 2.24. The van der Waals surface area contributed by atoms with Crippen LogP contribution in [0.4, 0.5) is 5.69 Å². The van der Waals surface area contributed by atoms with Gasteiger partial charge in [0, 0.05) is 17.0 Å². The third-order valence-corrected chi connectivity index (χ3v) is 2.42. The fourth-order valence-corrected chi connectivity index (χ4v) is 1.55. The van der Waals surface area contributed by atoms with Crippen molar-refractivity contribution in [1.82, 2.24) is 0 Å². The molecule has 0 amide bonds. The number of hydrogen-bond donors (Lipinski definition) is 1. The molecule has 1 N–H and O–H groups in total.